The number of ether oxygens (including phenoxy) is 1. The number of hydrogen-bond acceptors (Lipinski definition) is 2. The van der Waals surface area contributed by atoms with Crippen molar-refractivity contribution in [1.29, 1.82) is 0 Å². The fourth-order valence-corrected chi connectivity index (χ4v) is 0.676. The summed E-state index contributed by atoms with van der Waals surface area (Å²) in [6.45, 7) is -1.79. The van der Waals surface area contributed by atoms with Crippen molar-refractivity contribution in [2.24, 2.45) is 5.41 Å². The first-order chi connectivity index (χ1) is 6.64. The summed E-state index contributed by atoms with van der Waals surface area (Å²) in [6, 6.07) is 0. The van der Waals surface area contributed by atoms with Gasteiger partial charge in [0.15, 0.2) is 0 Å². The second kappa shape index (κ2) is 6.45. The molecule has 0 fully saturated rings. The predicted molar refractivity (Wildman–Crippen MR) is 46.1 cm³/mol. The molecule has 0 heterocycles. The molecular formula is C9H13F3O2. The van der Waals surface area contributed by atoms with E-state index in [-0.39, 0.29) is 6.61 Å². The van der Waals surface area contributed by atoms with E-state index in [1.807, 2.05) is 0 Å². The van der Waals surface area contributed by atoms with E-state index in [9.17, 15) is 18.0 Å². The maximum Gasteiger partial charge on any atom is 0.330 e. The van der Waals surface area contributed by atoms with Gasteiger partial charge in [0.1, 0.15) is 20.0 Å². The molecule has 0 bridgehead atoms. The van der Waals surface area contributed by atoms with Crippen molar-refractivity contribution in [2.45, 2.75) is 6.92 Å². The Morgan fingerprint density at radius 1 is 1.29 bits per heavy atom. The SMILES string of the molecule is CCOC(=O)/C=C/C(CF)(CF)CF. The van der Waals surface area contributed by atoms with Crippen LogP contribution in [0.3, 0.4) is 0 Å². The summed E-state index contributed by atoms with van der Waals surface area (Å²) in [5.74, 6) is -0.729. The van der Waals surface area contributed by atoms with Crippen LogP contribution in [0.2, 0.25) is 0 Å². The molecule has 0 aromatic heterocycles. The van der Waals surface area contributed by atoms with Gasteiger partial charge in [-0.2, -0.15) is 0 Å². The molecule has 0 atom stereocenters. The van der Waals surface area contributed by atoms with Gasteiger partial charge in [-0.3, -0.25) is 0 Å². The highest BCUT2D eigenvalue weighted by atomic mass is 19.1. The molecule has 0 saturated heterocycles. The van der Waals surface area contributed by atoms with Gasteiger partial charge in [0.2, 0.25) is 0 Å². The number of rotatable bonds is 6. The van der Waals surface area contributed by atoms with Crippen LogP contribution in [-0.2, 0) is 9.53 Å². The largest absolute Gasteiger partial charge is 0.463 e. The molecule has 14 heavy (non-hydrogen) atoms. The molecule has 2 nitrogen and oxygen atoms in total. The lowest BCUT2D eigenvalue weighted by Gasteiger charge is -2.18. The highest BCUT2D eigenvalue weighted by Crippen LogP contribution is 2.21. The van der Waals surface area contributed by atoms with Crippen molar-refractivity contribution in [3.63, 3.8) is 0 Å². The normalized spacial score (nSPS) is 12.0. The lowest BCUT2D eigenvalue weighted by atomic mass is 9.93. The fraction of sp³-hybridized carbons (Fsp3) is 0.667. The number of halogens is 3. The summed E-state index contributed by atoms with van der Waals surface area (Å²) in [6.07, 6.45) is 1.73. The number of carbonyl (C=O) groups is 1. The highest BCUT2D eigenvalue weighted by Gasteiger charge is 2.28. The molecule has 0 amide bonds. The zero-order chi connectivity index (χ0) is 11.0. The zero-order valence-corrected chi connectivity index (χ0v) is 7.93. The van der Waals surface area contributed by atoms with Crippen LogP contribution >= 0.6 is 0 Å². The van der Waals surface area contributed by atoms with Gasteiger partial charge < -0.3 is 4.74 Å². The van der Waals surface area contributed by atoms with Crippen molar-refractivity contribution >= 4 is 5.97 Å². The Morgan fingerprint density at radius 3 is 2.14 bits per heavy atom. The van der Waals surface area contributed by atoms with E-state index < -0.39 is 31.4 Å². The summed E-state index contributed by atoms with van der Waals surface area (Å²) < 4.78 is 41.3. The average molecular weight is 210 g/mol. The van der Waals surface area contributed by atoms with Gasteiger partial charge in [-0.05, 0) is 6.92 Å². The van der Waals surface area contributed by atoms with Gasteiger partial charge >= 0.3 is 5.97 Å². The summed E-state index contributed by atoms with van der Waals surface area (Å²) in [5.41, 5.74) is -1.83. The van der Waals surface area contributed by atoms with E-state index in [4.69, 9.17) is 0 Å². The smallest absolute Gasteiger partial charge is 0.330 e. The van der Waals surface area contributed by atoms with Crippen LogP contribution in [0.1, 0.15) is 6.92 Å². The molecule has 5 heteroatoms. The van der Waals surface area contributed by atoms with Crippen molar-refractivity contribution < 1.29 is 22.7 Å². The van der Waals surface area contributed by atoms with Crippen molar-refractivity contribution in [3.05, 3.63) is 12.2 Å². The maximum absolute atomic E-state index is 12.3. The van der Waals surface area contributed by atoms with Gasteiger partial charge in [-0.25, -0.2) is 18.0 Å². The third-order valence-electron chi connectivity index (χ3n) is 1.66. The third kappa shape index (κ3) is 3.81. The van der Waals surface area contributed by atoms with E-state index in [0.29, 0.717) is 0 Å². The van der Waals surface area contributed by atoms with Crippen LogP contribution in [0.25, 0.3) is 0 Å². The van der Waals surface area contributed by atoms with Gasteiger partial charge in [0.05, 0.1) is 12.0 Å². The molecule has 0 spiro atoms. The van der Waals surface area contributed by atoms with Crippen molar-refractivity contribution in [1.82, 2.24) is 0 Å². The third-order valence-corrected chi connectivity index (χ3v) is 1.66. The average Bonchev–Trinajstić information content (AvgIpc) is 2.21. The van der Waals surface area contributed by atoms with E-state index in [0.717, 1.165) is 12.2 Å². The Bertz CT molecular complexity index is 192. The number of carbonyl (C=O) groups excluding carboxylic acids is 1. The van der Waals surface area contributed by atoms with Crippen LogP contribution in [0.5, 0.6) is 0 Å². The zero-order valence-electron chi connectivity index (χ0n) is 7.93. The first-order valence-corrected chi connectivity index (χ1v) is 4.18. The lowest BCUT2D eigenvalue weighted by molar-refractivity contribution is -0.137. The lowest BCUT2D eigenvalue weighted by Crippen LogP contribution is -2.26. The molecule has 0 unspecified atom stereocenters. The summed E-state index contributed by atoms with van der Waals surface area (Å²) in [7, 11) is 0. The topological polar surface area (TPSA) is 26.3 Å². The Kier molecular flexibility index (Phi) is 5.99. The minimum atomic E-state index is -1.83. The Labute approximate surface area is 80.7 Å². The quantitative estimate of drug-likeness (QED) is 0.495. The molecule has 0 aliphatic rings. The van der Waals surface area contributed by atoms with Crippen LogP contribution in [0.4, 0.5) is 13.2 Å². The van der Waals surface area contributed by atoms with Crippen LogP contribution in [0, 0.1) is 5.41 Å². The van der Waals surface area contributed by atoms with Gasteiger partial charge in [0, 0.05) is 6.08 Å². The predicted octanol–water partition coefficient (Wildman–Crippen LogP) is 2.00. The molecular weight excluding hydrogens is 197 g/mol. The van der Waals surface area contributed by atoms with E-state index in [1.165, 1.54) is 0 Å². The number of allylic oxidation sites excluding steroid dienone is 1. The number of esters is 1. The Morgan fingerprint density at radius 2 is 1.79 bits per heavy atom. The minimum Gasteiger partial charge on any atom is -0.463 e. The maximum atomic E-state index is 12.3. The molecule has 0 aliphatic carbocycles. The van der Waals surface area contributed by atoms with E-state index in [2.05, 4.69) is 4.74 Å². The summed E-state index contributed by atoms with van der Waals surface area (Å²) >= 11 is 0. The van der Waals surface area contributed by atoms with Gasteiger partial charge in [-0.1, -0.05) is 6.08 Å². The fourth-order valence-electron chi connectivity index (χ4n) is 0.676. The molecule has 0 aromatic rings. The van der Waals surface area contributed by atoms with Crippen molar-refractivity contribution in [3.8, 4) is 0 Å². The van der Waals surface area contributed by atoms with Crippen LogP contribution in [-0.4, -0.2) is 32.6 Å². The number of hydrogen-bond donors (Lipinski definition) is 0. The second-order valence-electron chi connectivity index (χ2n) is 2.85. The summed E-state index contributed by atoms with van der Waals surface area (Å²) in [5, 5.41) is 0. The molecule has 0 N–H and O–H groups in total. The van der Waals surface area contributed by atoms with Gasteiger partial charge in [0.25, 0.3) is 0 Å². The van der Waals surface area contributed by atoms with Crippen LogP contribution < -0.4 is 0 Å². The molecule has 0 aromatic carbocycles. The van der Waals surface area contributed by atoms with Crippen LogP contribution in [0.15, 0.2) is 12.2 Å². The molecule has 0 saturated carbocycles. The highest BCUT2D eigenvalue weighted by molar-refractivity contribution is 5.82. The standard InChI is InChI=1S/C9H13F3O2/c1-2-14-8(13)3-4-9(5-10,6-11)7-12/h3-4H,2,5-7H2,1H3/b4-3+. The monoisotopic (exact) mass is 210 g/mol. The summed E-state index contributed by atoms with van der Waals surface area (Å²) in [4.78, 5) is 10.8. The first-order valence-electron chi connectivity index (χ1n) is 4.18. The van der Waals surface area contributed by atoms with E-state index in [1.54, 1.807) is 6.92 Å². The molecule has 82 valence electrons. The molecule has 0 aliphatic heterocycles. The van der Waals surface area contributed by atoms with Gasteiger partial charge in [-0.15, -0.1) is 0 Å². The molecule has 0 radical (unpaired) electrons. The molecule has 0 rings (SSSR count). The number of alkyl halides is 3. The second-order valence-corrected chi connectivity index (χ2v) is 2.85. The van der Waals surface area contributed by atoms with Crippen molar-refractivity contribution in [2.75, 3.05) is 26.6 Å². The Hall–Kier alpha value is -1.00. The minimum absolute atomic E-state index is 0.164. The first kappa shape index (κ1) is 13.0. The Balaban J connectivity index is 4.35. The van der Waals surface area contributed by atoms with E-state index >= 15 is 0 Å².